The SMILES string of the molecule is CN(C)C(C1=CC[CH]C=C1)c1ccncc1. The molecule has 0 bridgehead atoms. The van der Waals surface area contributed by atoms with Gasteiger partial charge in [0.15, 0.2) is 0 Å². The summed E-state index contributed by atoms with van der Waals surface area (Å²) in [4.78, 5) is 6.30. The lowest BCUT2D eigenvalue weighted by Crippen LogP contribution is -2.21. The number of nitrogens with zero attached hydrogens (tertiary/aromatic N) is 2. The molecule has 1 unspecified atom stereocenters. The number of hydrogen-bond acceptors (Lipinski definition) is 2. The largest absolute Gasteiger partial charge is 0.299 e. The standard InChI is InChI=1S/C14H17N2/c1-16(2)14(12-6-4-3-5-7-12)13-8-10-15-11-9-13/h3-4,6-11,14H,5H2,1-2H3. The molecular formula is C14H17N2. The van der Waals surface area contributed by atoms with Crippen molar-refractivity contribution < 1.29 is 0 Å². The third kappa shape index (κ3) is 2.39. The zero-order valence-electron chi connectivity index (χ0n) is 9.80. The van der Waals surface area contributed by atoms with Crippen LogP contribution in [-0.2, 0) is 0 Å². The van der Waals surface area contributed by atoms with Crippen molar-refractivity contribution in [3.8, 4) is 0 Å². The fraction of sp³-hybridized carbons (Fsp3) is 0.286. The summed E-state index contributed by atoms with van der Waals surface area (Å²) in [7, 11) is 4.22. The van der Waals surface area contributed by atoms with Gasteiger partial charge in [-0.2, -0.15) is 0 Å². The first-order chi connectivity index (χ1) is 7.79. The first-order valence-corrected chi connectivity index (χ1v) is 5.55. The summed E-state index contributed by atoms with van der Waals surface area (Å²) in [6.45, 7) is 0. The number of hydrogen-bond donors (Lipinski definition) is 0. The van der Waals surface area contributed by atoms with Crippen LogP contribution in [0.25, 0.3) is 0 Å². The van der Waals surface area contributed by atoms with Gasteiger partial charge in [0.05, 0.1) is 6.04 Å². The van der Waals surface area contributed by atoms with Crippen LogP contribution >= 0.6 is 0 Å². The maximum absolute atomic E-state index is 4.07. The van der Waals surface area contributed by atoms with Crippen LogP contribution in [0.1, 0.15) is 18.0 Å². The second-order valence-electron chi connectivity index (χ2n) is 4.18. The molecular weight excluding hydrogens is 196 g/mol. The van der Waals surface area contributed by atoms with Crippen molar-refractivity contribution in [2.45, 2.75) is 12.5 Å². The molecule has 1 aromatic rings. The second-order valence-corrected chi connectivity index (χ2v) is 4.18. The molecule has 16 heavy (non-hydrogen) atoms. The zero-order valence-corrected chi connectivity index (χ0v) is 9.80. The minimum atomic E-state index is 0.327. The Hall–Kier alpha value is -1.41. The number of allylic oxidation sites excluding steroid dienone is 2. The van der Waals surface area contributed by atoms with Crippen molar-refractivity contribution in [3.63, 3.8) is 0 Å². The highest BCUT2D eigenvalue weighted by Gasteiger charge is 2.17. The first-order valence-electron chi connectivity index (χ1n) is 5.55. The van der Waals surface area contributed by atoms with Gasteiger partial charge in [-0.3, -0.25) is 9.88 Å². The number of likely N-dealkylation sites (N-methyl/N-ethyl adjacent to an activating group) is 1. The van der Waals surface area contributed by atoms with Crippen molar-refractivity contribution in [1.29, 1.82) is 0 Å². The van der Waals surface area contributed by atoms with E-state index in [0.717, 1.165) is 6.42 Å². The topological polar surface area (TPSA) is 16.1 Å². The van der Waals surface area contributed by atoms with Crippen molar-refractivity contribution >= 4 is 0 Å². The first kappa shape index (κ1) is 11.1. The Morgan fingerprint density at radius 3 is 2.56 bits per heavy atom. The van der Waals surface area contributed by atoms with E-state index < -0.39 is 0 Å². The van der Waals surface area contributed by atoms with E-state index in [0.29, 0.717) is 6.04 Å². The van der Waals surface area contributed by atoms with Crippen LogP contribution in [0.5, 0.6) is 0 Å². The highest BCUT2D eigenvalue weighted by molar-refractivity contribution is 5.36. The van der Waals surface area contributed by atoms with E-state index in [1.54, 1.807) is 0 Å². The molecule has 0 saturated carbocycles. The summed E-state index contributed by atoms with van der Waals surface area (Å²) in [6, 6.07) is 4.49. The molecule has 1 heterocycles. The van der Waals surface area contributed by atoms with Crippen LogP contribution in [-0.4, -0.2) is 24.0 Å². The quantitative estimate of drug-likeness (QED) is 0.767. The van der Waals surface area contributed by atoms with Gasteiger partial charge in [0, 0.05) is 12.4 Å². The minimum absolute atomic E-state index is 0.327. The summed E-state index contributed by atoms with van der Waals surface area (Å²) >= 11 is 0. The summed E-state index contributed by atoms with van der Waals surface area (Å²) in [6.07, 6.45) is 13.5. The molecule has 83 valence electrons. The van der Waals surface area contributed by atoms with Gasteiger partial charge in [-0.1, -0.05) is 18.2 Å². The average molecular weight is 213 g/mol. The molecule has 1 aliphatic rings. The predicted octanol–water partition coefficient (Wildman–Crippen LogP) is 2.77. The normalized spacial score (nSPS) is 17.3. The molecule has 2 heteroatoms. The van der Waals surface area contributed by atoms with Crippen molar-refractivity contribution in [1.82, 2.24) is 9.88 Å². The van der Waals surface area contributed by atoms with Crippen LogP contribution in [0.4, 0.5) is 0 Å². The lowest BCUT2D eigenvalue weighted by atomic mass is 9.94. The fourth-order valence-electron chi connectivity index (χ4n) is 2.07. The van der Waals surface area contributed by atoms with Crippen molar-refractivity contribution in [2.24, 2.45) is 0 Å². The van der Waals surface area contributed by atoms with Crippen LogP contribution in [0.15, 0.2) is 48.3 Å². The van der Waals surface area contributed by atoms with Gasteiger partial charge in [0.2, 0.25) is 0 Å². The van der Waals surface area contributed by atoms with Gasteiger partial charge in [-0.05, 0) is 50.2 Å². The molecule has 1 radical (unpaired) electrons. The van der Waals surface area contributed by atoms with Gasteiger partial charge in [0.1, 0.15) is 0 Å². The molecule has 1 atom stereocenters. The van der Waals surface area contributed by atoms with Gasteiger partial charge in [-0.25, -0.2) is 0 Å². The van der Waals surface area contributed by atoms with E-state index >= 15 is 0 Å². The molecule has 0 aromatic carbocycles. The van der Waals surface area contributed by atoms with E-state index in [2.05, 4.69) is 60.8 Å². The molecule has 0 saturated heterocycles. The third-order valence-electron chi connectivity index (χ3n) is 2.77. The Bertz CT molecular complexity index is 390. The van der Waals surface area contributed by atoms with E-state index in [-0.39, 0.29) is 0 Å². The van der Waals surface area contributed by atoms with Crippen LogP contribution < -0.4 is 0 Å². The molecule has 0 spiro atoms. The molecule has 1 aliphatic carbocycles. The third-order valence-corrected chi connectivity index (χ3v) is 2.77. The summed E-state index contributed by atoms with van der Waals surface area (Å²) in [5.41, 5.74) is 2.65. The van der Waals surface area contributed by atoms with Crippen LogP contribution in [0.2, 0.25) is 0 Å². The van der Waals surface area contributed by atoms with Crippen LogP contribution in [0, 0.1) is 6.42 Å². The van der Waals surface area contributed by atoms with E-state index in [1.807, 2.05) is 12.4 Å². The Morgan fingerprint density at radius 1 is 1.25 bits per heavy atom. The fourth-order valence-corrected chi connectivity index (χ4v) is 2.07. The summed E-state index contributed by atoms with van der Waals surface area (Å²) < 4.78 is 0. The van der Waals surface area contributed by atoms with Crippen molar-refractivity contribution in [2.75, 3.05) is 14.1 Å². The molecule has 1 aromatic heterocycles. The number of rotatable bonds is 3. The lowest BCUT2D eigenvalue weighted by molar-refractivity contribution is 0.340. The maximum atomic E-state index is 4.07. The maximum Gasteiger partial charge on any atom is 0.0594 e. The summed E-state index contributed by atoms with van der Waals surface area (Å²) in [5.74, 6) is 0. The van der Waals surface area contributed by atoms with Gasteiger partial charge in [-0.15, -0.1) is 0 Å². The van der Waals surface area contributed by atoms with Gasteiger partial charge < -0.3 is 0 Å². The number of aromatic nitrogens is 1. The molecule has 0 fully saturated rings. The molecule has 2 rings (SSSR count). The highest BCUT2D eigenvalue weighted by atomic mass is 15.1. The average Bonchev–Trinajstić information content (AvgIpc) is 2.31. The minimum Gasteiger partial charge on any atom is -0.299 e. The van der Waals surface area contributed by atoms with E-state index in [1.165, 1.54) is 11.1 Å². The second kappa shape index (κ2) is 5.08. The molecule has 2 nitrogen and oxygen atoms in total. The van der Waals surface area contributed by atoms with Gasteiger partial charge in [0.25, 0.3) is 0 Å². The highest BCUT2D eigenvalue weighted by Crippen LogP contribution is 2.29. The Labute approximate surface area is 97.3 Å². The lowest BCUT2D eigenvalue weighted by Gasteiger charge is -2.27. The van der Waals surface area contributed by atoms with Crippen LogP contribution in [0.3, 0.4) is 0 Å². The molecule has 0 amide bonds. The number of pyridine rings is 1. The monoisotopic (exact) mass is 213 g/mol. The molecule has 0 aliphatic heterocycles. The van der Waals surface area contributed by atoms with E-state index in [4.69, 9.17) is 0 Å². The Balaban J connectivity index is 2.31. The smallest absolute Gasteiger partial charge is 0.0594 e. The Kier molecular flexibility index (Phi) is 3.52. The zero-order chi connectivity index (χ0) is 11.4. The predicted molar refractivity (Wildman–Crippen MR) is 66.8 cm³/mol. The van der Waals surface area contributed by atoms with E-state index in [9.17, 15) is 0 Å². The van der Waals surface area contributed by atoms with Crippen molar-refractivity contribution in [3.05, 3.63) is 60.3 Å². The summed E-state index contributed by atoms with van der Waals surface area (Å²) in [5, 5.41) is 0. The molecule has 0 N–H and O–H groups in total. The Morgan fingerprint density at radius 2 is 2.00 bits per heavy atom. The van der Waals surface area contributed by atoms with Gasteiger partial charge >= 0.3 is 0 Å².